The van der Waals surface area contributed by atoms with Crippen LogP contribution in [-0.4, -0.2) is 22.5 Å². The molecule has 0 spiro atoms. The molecule has 1 aromatic heterocycles. The number of aliphatic carboxylic acids is 1. The number of carboxylic acids is 1. The van der Waals surface area contributed by atoms with Crippen molar-refractivity contribution in [1.82, 2.24) is 5.32 Å². The van der Waals surface area contributed by atoms with Crippen LogP contribution in [0, 0.1) is 0 Å². The van der Waals surface area contributed by atoms with Crippen molar-refractivity contribution in [3.8, 4) is 0 Å². The highest BCUT2D eigenvalue weighted by Crippen LogP contribution is 2.20. The van der Waals surface area contributed by atoms with Gasteiger partial charge in [-0.25, -0.2) is 0 Å². The molecule has 5 heteroatoms. The summed E-state index contributed by atoms with van der Waals surface area (Å²) >= 11 is 0. The lowest BCUT2D eigenvalue weighted by Gasteiger charge is -2.31. The SMILES string of the molecule is CCC(CC)(CC(=O)O)NC(=O)CCc1ccoc1. The quantitative estimate of drug-likeness (QED) is 0.757. The van der Waals surface area contributed by atoms with Gasteiger partial charge in [-0.05, 0) is 30.9 Å². The zero-order valence-electron chi connectivity index (χ0n) is 11.4. The molecule has 0 unspecified atom stereocenters. The van der Waals surface area contributed by atoms with Gasteiger partial charge in [0.1, 0.15) is 0 Å². The summed E-state index contributed by atoms with van der Waals surface area (Å²) < 4.78 is 4.93. The highest BCUT2D eigenvalue weighted by atomic mass is 16.4. The topological polar surface area (TPSA) is 79.5 Å². The third-order valence-corrected chi connectivity index (χ3v) is 3.47. The van der Waals surface area contributed by atoms with E-state index in [1.807, 2.05) is 19.9 Å². The average Bonchev–Trinajstić information content (AvgIpc) is 2.88. The fourth-order valence-corrected chi connectivity index (χ4v) is 2.06. The van der Waals surface area contributed by atoms with Crippen LogP contribution in [0.2, 0.25) is 0 Å². The number of carbonyl (C=O) groups is 2. The largest absolute Gasteiger partial charge is 0.481 e. The third-order valence-electron chi connectivity index (χ3n) is 3.47. The Hall–Kier alpha value is -1.78. The van der Waals surface area contributed by atoms with E-state index in [-0.39, 0.29) is 12.3 Å². The van der Waals surface area contributed by atoms with Crippen LogP contribution in [-0.2, 0) is 16.0 Å². The van der Waals surface area contributed by atoms with Gasteiger partial charge in [0.2, 0.25) is 5.91 Å². The number of carbonyl (C=O) groups excluding carboxylic acids is 1. The molecule has 1 aromatic rings. The summed E-state index contributed by atoms with van der Waals surface area (Å²) in [6.45, 7) is 3.78. The first-order valence-corrected chi connectivity index (χ1v) is 6.55. The monoisotopic (exact) mass is 267 g/mol. The third kappa shape index (κ3) is 4.77. The van der Waals surface area contributed by atoms with Crippen LogP contribution in [0.15, 0.2) is 23.0 Å². The number of rotatable bonds is 8. The van der Waals surface area contributed by atoms with Gasteiger partial charge in [0.15, 0.2) is 0 Å². The van der Waals surface area contributed by atoms with Crippen LogP contribution < -0.4 is 5.32 Å². The van der Waals surface area contributed by atoms with Gasteiger partial charge < -0.3 is 14.8 Å². The molecule has 0 aliphatic carbocycles. The van der Waals surface area contributed by atoms with E-state index in [1.165, 1.54) is 0 Å². The second-order valence-electron chi connectivity index (χ2n) is 4.74. The van der Waals surface area contributed by atoms with Gasteiger partial charge in [-0.2, -0.15) is 0 Å². The summed E-state index contributed by atoms with van der Waals surface area (Å²) in [4.78, 5) is 22.8. The highest BCUT2D eigenvalue weighted by molar-refractivity contribution is 5.78. The Kier molecular flexibility index (Phi) is 5.60. The number of aryl methyl sites for hydroxylation is 1. The summed E-state index contributed by atoms with van der Waals surface area (Å²) in [6, 6.07) is 1.82. The lowest BCUT2D eigenvalue weighted by Crippen LogP contribution is -2.49. The van der Waals surface area contributed by atoms with Gasteiger partial charge in [-0.3, -0.25) is 9.59 Å². The molecule has 0 saturated carbocycles. The first kappa shape index (κ1) is 15.3. The fourth-order valence-electron chi connectivity index (χ4n) is 2.06. The van der Waals surface area contributed by atoms with Crippen LogP contribution in [0.1, 0.15) is 45.1 Å². The van der Waals surface area contributed by atoms with E-state index in [0.717, 1.165) is 5.56 Å². The molecule has 0 aromatic carbocycles. The molecule has 0 aliphatic heterocycles. The van der Waals surface area contributed by atoms with E-state index >= 15 is 0 Å². The van der Waals surface area contributed by atoms with Crippen molar-refractivity contribution in [2.75, 3.05) is 0 Å². The summed E-state index contributed by atoms with van der Waals surface area (Å²) in [7, 11) is 0. The van der Waals surface area contributed by atoms with E-state index < -0.39 is 11.5 Å². The molecule has 0 atom stereocenters. The van der Waals surface area contributed by atoms with Crippen molar-refractivity contribution in [3.63, 3.8) is 0 Å². The normalized spacial score (nSPS) is 11.3. The van der Waals surface area contributed by atoms with Crippen LogP contribution in [0.25, 0.3) is 0 Å². The van der Waals surface area contributed by atoms with Crippen LogP contribution >= 0.6 is 0 Å². The zero-order chi connectivity index (χ0) is 14.3. The van der Waals surface area contributed by atoms with E-state index in [9.17, 15) is 9.59 Å². The fraction of sp³-hybridized carbons (Fsp3) is 0.571. The first-order chi connectivity index (χ1) is 9.01. The zero-order valence-corrected chi connectivity index (χ0v) is 11.4. The number of amides is 1. The number of hydrogen-bond acceptors (Lipinski definition) is 3. The Labute approximate surface area is 113 Å². The van der Waals surface area contributed by atoms with Gasteiger partial charge in [-0.1, -0.05) is 13.8 Å². The van der Waals surface area contributed by atoms with Gasteiger partial charge >= 0.3 is 5.97 Å². The molecule has 0 aliphatic rings. The Balaban J connectivity index is 2.53. The maximum atomic E-state index is 11.9. The molecule has 0 radical (unpaired) electrons. The minimum Gasteiger partial charge on any atom is -0.481 e. The summed E-state index contributed by atoms with van der Waals surface area (Å²) in [5, 5.41) is 11.8. The van der Waals surface area contributed by atoms with Crippen LogP contribution in [0.4, 0.5) is 0 Å². The molecule has 5 nitrogen and oxygen atoms in total. The minimum atomic E-state index is -0.890. The molecular weight excluding hydrogens is 246 g/mol. The molecule has 0 bridgehead atoms. The second-order valence-corrected chi connectivity index (χ2v) is 4.74. The molecule has 1 amide bonds. The van der Waals surface area contributed by atoms with E-state index in [1.54, 1.807) is 12.5 Å². The van der Waals surface area contributed by atoms with Crippen molar-refractivity contribution in [1.29, 1.82) is 0 Å². The lowest BCUT2D eigenvalue weighted by atomic mass is 9.88. The molecule has 19 heavy (non-hydrogen) atoms. The van der Waals surface area contributed by atoms with Crippen LogP contribution in [0.5, 0.6) is 0 Å². The van der Waals surface area contributed by atoms with Gasteiger partial charge in [0, 0.05) is 12.0 Å². The molecule has 1 heterocycles. The highest BCUT2D eigenvalue weighted by Gasteiger charge is 2.30. The molecule has 1 rings (SSSR count). The predicted molar refractivity (Wildman–Crippen MR) is 70.7 cm³/mol. The number of nitrogens with one attached hydrogen (secondary N) is 1. The van der Waals surface area contributed by atoms with Gasteiger partial charge in [0.05, 0.1) is 18.9 Å². The Morgan fingerprint density at radius 3 is 2.53 bits per heavy atom. The molecule has 0 saturated heterocycles. The second kappa shape index (κ2) is 6.97. The Morgan fingerprint density at radius 2 is 2.05 bits per heavy atom. The number of hydrogen-bond donors (Lipinski definition) is 2. The molecule has 2 N–H and O–H groups in total. The summed E-state index contributed by atoms with van der Waals surface area (Å²) in [6.07, 6.45) is 5.27. The minimum absolute atomic E-state index is 0.0442. The van der Waals surface area contributed by atoms with Crippen molar-refractivity contribution in [2.24, 2.45) is 0 Å². The molecular formula is C14H21NO4. The lowest BCUT2D eigenvalue weighted by molar-refractivity contribution is -0.139. The number of furan rings is 1. The van der Waals surface area contributed by atoms with Gasteiger partial charge in [-0.15, -0.1) is 0 Å². The molecule has 0 fully saturated rings. The number of carboxylic acid groups (broad SMARTS) is 1. The van der Waals surface area contributed by atoms with Crippen molar-refractivity contribution in [2.45, 2.75) is 51.5 Å². The van der Waals surface area contributed by atoms with Crippen molar-refractivity contribution < 1.29 is 19.1 Å². The van der Waals surface area contributed by atoms with Gasteiger partial charge in [0.25, 0.3) is 0 Å². The maximum Gasteiger partial charge on any atom is 0.305 e. The molecule has 106 valence electrons. The Bertz CT molecular complexity index is 407. The smallest absolute Gasteiger partial charge is 0.305 e. The standard InChI is InChI=1S/C14H21NO4/c1-3-14(4-2,9-13(17)18)15-12(16)6-5-11-7-8-19-10-11/h7-8,10H,3-6,9H2,1-2H3,(H,15,16)(H,17,18). The van der Waals surface area contributed by atoms with E-state index in [2.05, 4.69) is 5.32 Å². The van der Waals surface area contributed by atoms with Crippen LogP contribution in [0.3, 0.4) is 0 Å². The van der Waals surface area contributed by atoms with Crippen molar-refractivity contribution in [3.05, 3.63) is 24.2 Å². The van der Waals surface area contributed by atoms with E-state index in [4.69, 9.17) is 9.52 Å². The van der Waals surface area contributed by atoms with Crippen molar-refractivity contribution >= 4 is 11.9 Å². The van der Waals surface area contributed by atoms with E-state index in [0.29, 0.717) is 25.7 Å². The summed E-state index contributed by atoms with van der Waals surface area (Å²) in [5.74, 6) is -1.01. The predicted octanol–water partition coefficient (Wildman–Crippen LogP) is 2.36. The maximum absolute atomic E-state index is 11.9. The first-order valence-electron chi connectivity index (χ1n) is 6.55. The average molecular weight is 267 g/mol. The summed E-state index contributed by atoms with van der Waals surface area (Å²) in [5.41, 5.74) is 0.325. The Morgan fingerprint density at radius 1 is 1.37 bits per heavy atom.